The van der Waals surface area contributed by atoms with Crippen molar-refractivity contribution < 1.29 is 35.0 Å². The number of quaternary nitrogens is 1. The predicted octanol–water partition coefficient (Wildman–Crippen LogP) is -1.18. The lowest BCUT2D eigenvalue weighted by atomic mass is 9.68. The van der Waals surface area contributed by atoms with Crippen LogP contribution in [0.3, 0.4) is 0 Å². The van der Waals surface area contributed by atoms with E-state index in [0.29, 0.717) is 25.8 Å². The summed E-state index contributed by atoms with van der Waals surface area (Å²) >= 11 is 0. The number of guanidine groups is 1. The van der Waals surface area contributed by atoms with E-state index < -0.39 is 47.7 Å². The molecule has 1 heterocycles. The lowest BCUT2D eigenvalue weighted by Crippen LogP contribution is -2.78. The number of imidazole rings is 1. The van der Waals surface area contributed by atoms with Crippen LogP contribution in [0.25, 0.3) is 21.5 Å². The minimum atomic E-state index is -1.06. The molecule has 5 rings (SSSR count). The molecule has 0 bridgehead atoms. The molecule has 6 atom stereocenters. The number of nitrogens with one attached hydrogen (secondary N) is 4. The summed E-state index contributed by atoms with van der Waals surface area (Å²) in [6.45, 7) is 0.381. The van der Waals surface area contributed by atoms with E-state index in [2.05, 4.69) is 67.7 Å². The molecule has 1 aliphatic rings. The van der Waals surface area contributed by atoms with Crippen molar-refractivity contribution in [2.75, 3.05) is 6.54 Å². The highest BCUT2D eigenvalue weighted by atomic mass is 16.4. The minimum absolute atomic E-state index is 0.0426. The van der Waals surface area contributed by atoms with Crippen LogP contribution in [0.5, 0.6) is 0 Å². The van der Waals surface area contributed by atoms with Crippen molar-refractivity contribution in [3.8, 4) is 0 Å². The van der Waals surface area contributed by atoms with E-state index in [4.69, 9.17) is 17.2 Å². The smallest absolute Gasteiger partial charge is 0.338 e. The first-order valence-electron chi connectivity index (χ1n) is 16.9. The first-order chi connectivity index (χ1) is 24.0. The molecule has 0 radical (unpaired) electrons. The Morgan fingerprint density at radius 3 is 2.36 bits per heavy atom. The molecule has 1 aliphatic carbocycles. The molecule has 0 saturated heterocycles. The first kappa shape index (κ1) is 35.8. The van der Waals surface area contributed by atoms with E-state index in [0.717, 1.165) is 32.8 Å². The number of carbonyl (C=O) groups excluding carboxylic acids is 3. The monoisotopic (exact) mass is 685 g/mol. The van der Waals surface area contributed by atoms with Gasteiger partial charge < -0.3 is 32.2 Å². The number of fused-ring (bicyclic) bond motifs is 2. The lowest BCUT2D eigenvalue weighted by molar-refractivity contribution is -0.459. The summed E-state index contributed by atoms with van der Waals surface area (Å²) in [5, 5.41) is 20.2. The van der Waals surface area contributed by atoms with Crippen molar-refractivity contribution in [2.45, 2.75) is 63.1 Å². The lowest BCUT2D eigenvalue weighted by Gasteiger charge is -2.41. The molecule has 3 amide bonds. The standard InChI is InChI=1S/C36H45N9O5/c37-29(11-20-7-8-23-12-21-4-1-2-5-22(21)13-24(23)10-20)35(50)45-31-16-25(17-32(46)47)28(15-26(31)14-27-18-41-19-43-27)34(49)44-30(33(38)48)6-3-9-42-36(39)40/h1-2,4-5,7-8,10,12-13,18-19,25-26,28-31H,3,6,9,11,14-17,37H2,(H2,38,48)(H,41,43)(H,44,49)(H,45,50)(H,46,47)(H4,39,40,42)/p+2/t25?,26?,28-,29?,30?,31?/m0/s1. The second-order valence-electron chi connectivity index (χ2n) is 13.4. The number of rotatable bonds is 15. The third-order valence-electron chi connectivity index (χ3n) is 9.67. The van der Waals surface area contributed by atoms with Gasteiger partial charge in [-0.05, 0) is 83.2 Å². The van der Waals surface area contributed by atoms with Crippen molar-refractivity contribution in [3.63, 3.8) is 0 Å². The molecule has 264 valence electrons. The van der Waals surface area contributed by atoms with Crippen LogP contribution in [-0.2, 0) is 32.0 Å². The minimum Gasteiger partial charge on any atom is -0.481 e. The molecule has 3 aromatic carbocycles. The van der Waals surface area contributed by atoms with Gasteiger partial charge in [-0.15, -0.1) is 0 Å². The summed E-state index contributed by atoms with van der Waals surface area (Å²) < 4.78 is 0. The Hall–Kier alpha value is -5.50. The van der Waals surface area contributed by atoms with Crippen LogP contribution in [0, 0.1) is 17.8 Å². The van der Waals surface area contributed by atoms with Crippen molar-refractivity contribution >= 4 is 51.2 Å². The highest BCUT2D eigenvalue weighted by Crippen LogP contribution is 2.38. The molecule has 5 unspecified atom stereocenters. The number of aromatic nitrogens is 2. The average molecular weight is 686 g/mol. The number of nitrogens with zero attached hydrogens (tertiary/aromatic N) is 1. The van der Waals surface area contributed by atoms with Crippen molar-refractivity contribution in [1.82, 2.24) is 20.6 Å². The molecule has 14 N–H and O–H groups in total. The summed E-state index contributed by atoms with van der Waals surface area (Å²) in [7, 11) is 0. The summed E-state index contributed by atoms with van der Waals surface area (Å²) in [6, 6.07) is 16.6. The zero-order chi connectivity index (χ0) is 35.8. The second-order valence-corrected chi connectivity index (χ2v) is 13.4. The Labute approximate surface area is 289 Å². The number of aliphatic carboxylic acids is 1. The highest BCUT2D eigenvalue weighted by Gasteiger charge is 2.43. The highest BCUT2D eigenvalue weighted by molar-refractivity contribution is 5.98. The maximum absolute atomic E-state index is 13.7. The van der Waals surface area contributed by atoms with Gasteiger partial charge in [-0.1, -0.05) is 42.5 Å². The number of benzene rings is 3. The fraction of sp³-hybridized carbons (Fsp3) is 0.389. The molecule has 0 aliphatic heterocycles. The van der Waals surface area contributed by atoms with E-state index in [-0.39, 0.29) is 43.5 Å². The quantitative estimate of drug-likeness (QED) is 0.0318. The summed E-state index contributed by atoms with van der Waals surface area (Å²) in [5.74, 6) is -3.98. The number of amides is 3. The Morgan fingerprint density at radius 2 is 1.70 bits per heavy atom. The fourth-order valence-electron chi connectivity index (χ4n) is 7.12. The number of carboxylic acid groups (broad SMARTS) is 1. The molecule has 0 spiro atoms. The van der Waals surface area contributed by atoms with Crippen LogP contribution >= 0.6 is 0 Å². The Morgan fingerprint density at radius 1 is 0.980 bits per heavy atom. The maximum atomic E-state index is 13.7. The molecule has 1 saturated carbocycles. The number of carboxylic acids is 1. The number of H-pyrrole nitrogens is 1. The number of hydrogen-bond donors (Lipinski definition) is 9. The van der Waals surface area contributed by atoms with E-state index in [1.54, 1.807) is 12.5 Å². The van der Waals surface area contributed by atoms with Gasteiger partial charge in [0.1, 0.15) is 6.04 Å². The molecular weight excluding hydrogens is 638 g/mol. The third-order valence-corrected chi connectivity index (χ3v) is 9.67. The number of nitrogens with two attached hydrogens (primary N) is 3. The molecule has 4 aromatic rings. The van der Waals surface area contributed by atoms with Crippen LogP contribution < -0.4 is 38.6 Å². The molecular formula is C36H47N9O5+2. The van der Waals surface area contributed by atoms with Crippen LogP contribution in [0.1, 0.15) is 43.4 Å². The summed E-state index contributed by atoms with van der Waals surface area (Å²) in [5.41, 5.74) is 22.4. The zero-order valence-corrected chi connectivity index (χ0v) is 27.9. The van der Waals surface area contributed by atoms with Crippen molar-refractivity contribution in [3.05, 3.63) is 78.4 Å². The van der Waals surface area contributed by atoms with Crippen molar-refractivity contribution in [1.29, 1.82) is 0 Å². The topological polar surface area (TPSA) is 261 Å². The fourth-order valence-corrected chi connectivity index (χ4v) is 7.12. The molecule has 1 aromatic heterocycles. The number of aromatic amines is 1. The SMILES string of the molecule is NC(=O)C(CCC[NH+]=C(N)N)NC(=O)[C@H]1CC(Cc2cnc[nH]2)C(NC(=O)C([NH3+])Cc2ccc3cc4ccccc4cc3c2)CC1CC(=O)O. The number of primary amides is 1. The normalized spacial score (nSPS) is 20.1. The van der Waals surface area contributed by atoms with Gasteiger partial charge in [-0.2, -0.15) is 0 Å². The number of carbonyl (C=O) groups is 4. The zero-order valence-electron chi connectivity index (χ0n) is 27.9. The molecule has 1 fully saturated rings. The van der Waals surface area contributed by atoms with Crippen molar-refractivity contribution in [2.24, 2.45) is 35.0 Å². The Bertz CT molecular complexity index is 1860. The van der Waals surface area contributed by atoms with Crippen LogP contribution in [-0.4, -0.2) is 69.4 Å². The van der Waals surface area contributed by atoms with Gasteiger partial charge in [0.25, 0.3) is 5.91 Å². The van der Waals surface area contributed by atoms with E-state index in [1.807, 2.05) is 18.2 Å². The van der Waals surface area contributed by atoms with Gasteiger partial charge in [0.2, 0.25) is 11.8 Å². The van der Waals surface area contributed by atoms with Gasteiger partial charge in [0, 0.05) is 36.7 Å². The van der Waals surface area contributed by atoms with Gasteiger partial charge in [-0.3, -0.25) is 35.6 Å². The van der Waals surface area contributed by atoms with Gasteiger partial charge in [0.05, 0.1) is 12.9 Å². The number of hydrogen-bond acceptors (Lipinski definition) is 5. The summed E-state index contributed by atoms with van der Waals surface area (Å²) in [4.78, 5) is 61.6. The Kier molecular flexibility index (Phi) is 11.6. The first-order valence-corrected chi connectivity index (χ1v) is 16.9. The molecule has 14 nitrogen and oxygen atoms in total. The van der Waals surface area contributed by atoms with Gasteiger partial charge >= 0.3 is 11.9 Å². The van der Waals surface area contributed by atoms with Gasteiger partial charge in [-0.25, -0.2) is 4.98 Å². The average Bonchev–Trinajstić information content (AvgIpc) is 3.58. The molecule has 50 heavy (non-hydrogen) atoms. The van der Waals surface area contributed by atoms with E-state index in [1.165, 1.54) is 0 Å². The summed E-state index contributed by atoms with van der Waals surface area (Å²) in [6.07, 6.45) is 5.07. The molecule has 14 heteroatoms. The second kappa shape index (κ2) is 16.3. The van der Waals surface area contributed by atoms with Crippen LogP contribution in [0.15, 0.2) is 67.1 Å². The largest absolute Gasteiger partial charge is 0.481 e. The van der Waals surface area contributed by atoms with Gasteiger partial charge in [0.15, 0.2) is 6.04 Å². The van der Waals surface area contributed by atoms with Crippen LogP contribution in [0.2, 0.25) is 0 Å². The van der Waals surface area contributed by atoms with Crippen LogP contribution in [0.4, 0.5) is 0 Å². The predicted molar refractivity (Wildman–Crippen MR) is 188 cm³/mol. The van der Waals surface area contributed by atoms with E-state index >= 15 is 0 Å². The maximum Gasteiger partial charge on any atom is 0.338 e. The Balaban J connectivity index is 1.30. The van der Waals surface area contributed by atoms with E-state index in [9.17, 15) is 24.3 Å². The third kappa shape index (κ3) is 9.35.